The van der Waals surface area contributed by atoms with Gasteiger partial charge in [-0.05, 0) is 70.2 Å². The lowest BCUT2D eigenvalue weighted by Gasteiger charge is -2.48. The van der Waals surface area contributed by atoms with Gasteiger partial charge in [0.15, 0.2) is 0 Å². The fourth-order valence-electron chi connectivity index (χ4n) is 5.17. The van der Waals surface area contributed by atoms with Crippen LogP contribution < -0.4 is 0 Å². The van der Waals surface area contributed by atoms with Crippen molar-refractivity contribution in [2.24, 2.45) is 0 Å². The number of hydrogen-bond acceptors (Lipinski definition) is 3. The van der Waals surface area contributed by atoms with E-state index in [1.807, 2.05) is 42.3 Å². The second kappa shape index (κ2) is 7.08. The number of carbonyl (C=O) groups excluding carboxylic acids is 1. The van der Waals surface area contributed by atoms with Gasteiger partial charge in [0.2, 0.25) is 0 Å². The molecule has 25 heavy (non-hydrogen) atoms. The van der Waals surface area contributed by atoms with E-state index in [1.54, 1.807) is 0 Å². The third kappa shape index (κ3) is 3.34. The Morgan fingerprint density at radius 1 is 1.16 bits per heavy atom. The number of nitrogens with zero attached hydrogens (tertiary/aromatic N) is 2. The first-order chi connectivity index (χ1) is 12.2. The van der Waals surface area contributed by atoms with E-state index >= 15 is 0 Å². The van der Waals surface area contributed by atoms with Gasteiger partial charge in [0.25, 0.3) is 5.91 Å². The molecule has 1 amide bonds. The molecule has 1 aliphatic carbocycles. The van der Waals surface area contributed by atoms with Crippen LogP contribution in [0, 0.1) is 0 Å². The van der Waals surface area contributed by atoms with Crippen LogP contribution in [-0.2, 0) is 4.74 Å². The van der Waals surface area contributed by atoms with Crippen molar-refractivity contribution in [2.75, 3.05) is 26.7 Å². The number of carbonyl (C=O) groups is 1. The van der Waals surface area contributed by atoms with Crippen LogP contribution in [0.25, 0.3) is 0 Å². The van der Waals surface area contributed by atoms with Gasteiger partial charge in [-0.3, -0.25) is 9.69 Å². The Labute approximate surface area is 151 Å². The summed E-state index contributed by atoms with van der Waals surface area (Å²) in [5, 5.41) is 0. The van der Waals surface area contributed by atoms with Crippen molar-refractivity contribution in [3.05, 3.63) is 35.9 Å². The van der Waals surface area contributed by atoms with Crippen molar-refractivity contribution in [3.63, 3.8) is 0 Å². The number of rotatable bonds is 3. The maximum absolute atomic E-state index is 13.0. The van der Waals surface area contributed by atoms with Crippen molar-refractivity contribution in [3.8, 4) is 0 Å². The first-order valence-corrected chi connectivity index (χ1v) is 9.89. The Morgan fingerprint density at radius 3 is 2.60 bits per heavy atom. The van der Waals surface area contributed by atoms with Gasteiger partial charge in [-0.25, -0.2) is 0 Å². The molecule has 4 nitrogen and oxygen atoms in total. The molecule has 1 saturated carbocycles. The maximum Gasteiger partial charge on any atom is 0.253 e. The van der Waals surface area contributed by atoms with E-state index in [-0.39, 0.29) is 11.5 Å². The van der Waals surface area contributed by atoms with Crippen molar-refractivity contribution in [1.82, 2.24) is 9.80 Å². The highest BCUT2D eigenvalue weighted by Gasteiger charge is 2.47. The maximum atomic E-state index is 13.0. The quantitative estimate of drug-likeness (QED) is 0.845. The zero-order valence-corrected chi connectivity index (χ0v) is 15.3. The Kier molecular flexibility index (Phi) is 4.83. The largest absolute Gasteiger partial charge is 0.375 e. The molecule has 0 radical (unpaired) electrons. The predicted octanol–water partition coefficient (Wildman–Crippen LogP) is 3.32. The predicted molar refractivity (Wildman–Crippen MR) is 98.7 cm³/mol. The topological polar surface area (TPSA) is 32.8 Å². The normalized spacial score (nSPS) is 33.0. The Balaban J connectivity index is 1.55. The number of likely N-dealkylation sites (tertiary alicyclic amines) is 1. The third-order valence-electron chi connectivity index (χ3n) is 6.55. The fourth-order valence-corrected chi connectivity index (χ4v) is 5.17. The molecule has 1 aromatic rings. The van der Waals surface area contributed by atoms with Gasteiger partial charge < -0.3 is 9.64 Å². The first-order valence-electron chi connectivity index (χ1n) is 9.89. The molecule has 0 bridgehead atoms. The van der Waals surface area contributed by atoms with Crippen LogP contribution in [0.1, 0.15) is 55.3 Å². The number of likely N-dealkylation sites (N-methyl/N-ethyl adjacent to an activating group) is 1. The van der Waals surface area contributed by atoms with Crippen molar-refractivity contribution in [1.29, 1.82) is 0 Å². The zero-order valence-electron chi connectivity index (χ0n) is 15.3. The Hall–Kier alpha value is -1.39. The van der Waals surface area contributed by atoms with Gasteiger partial charge in [-0.1, -0.05) is 18.2 Å². The number of benzene rings is 1. The smallest absolute Gasteiger partial charge is 0.253 e. The van der Waals surface area contributed by atoms with Crippen molar-refractivity contribution in [2.45, 2.75) is 62.6 Å². The van der Waals surface area contributed by atoms with Crippen molar-refractivity contribution >= 4 is 5.91 Å². The second-order valence-electron chi connectivity index (χ2n) is 8.04. The minimum absolute atomic E-state index is 0.0837. The van der Waals surface area contributed by atoms with Crippen LogP contribution in [0.3, 0.4) is 0 Å². The van der Waals surface area contributed by atoms with E-state index in [0.29, 0.717) is 12.1 Å². The van der Waals surface area contributed by atoms with Gasteiger partial charge in [0.05, 0.1) is 5.60 Å². The average Bonchev–Trinajstić information content (AvgIpc) is 3.34. The van der Waals surface area contributed by atoms with E-state index in [1.165, 1.54) is 38.8 Å². The lowest BCUT2D eigenvalue weighted by atomic mass is 9.76. The molecule has 4 heteroatoms. The summed E-state index contributed by atoms with van der Waals surface area (Å²) in [6.45, 7) is 3.26. The molecule has 0 N–H and O–H groups in total. The zero-order chi connectivity index (χ0) is 17.3. The fraction of sp³-hybridized carbons (Fsp3) is 0.667. The molecule has 3 aliphatic rings. The summed E-state index contributed by atoms with van der Waals surface area (Å²) in [5.41, 5.74) is 0.878. The summed E-state index contributed by atoms with van der Waals surface area (Å²) in [6.07, 6.45) is 8.19. The van der Waals surface area contributed by atoms with Crippen LogP contribution in [0.15, 0.2) is 30.3 Å². The second-order valence-corrected chi connectivity index (χ2v) is 8.04. The lowest BCUT2D eigenvalue weighted by molar-refractivity contribution is -0.0687. The van der Waals surface area contributed by atoms with Crippen LogP contribution in [-0.4, -0.2) is 60.1 Å². The highest BCUT2D eigenvalue weighted by atomic mass is 16.5. The summed E-state index contributed by atoms with van der Waals surface area (Å²) < 4.78 is 6.21. The monoisotopic (exact) mass is 342 g/mol. The van der Waals surface area contributed by atoms with Gasteiger partial charge >= 0.3 is 0 Å². The van der Waals surface area contributed by atoms with Crippen LogP contribution in [0.4, 0.5) is 0 Å². The van der Waals surface area contributed by atoms with Crippen LogP contribution in [0.5, 0.6) is 0 Å². The molecule has 2 heterocycles. The summed E-state index contributed by atoms with van der Waals surface area (Å²) in [7, 11) is 2.00. The van der Waals surface area contributed by atoms with Crippen molar-refractivity contribution < 1.29 is 9.53 Å². The molecule has 0 aromatic heterocycles. The summed E-state index contributed by atoms with van der Waals surface area (Å²) in [6, 6.07) is 10.4. The SMILES string of the molecule is CN(C(=O)c1ccccc1)[C@H]1CCC2(CCCO2)C[C@@H]1N1CCCC1. The first kappa shape index (κ1) is 17.0. The molecule has 1 unspecified atom stereocenters. The van der Waals surface area contributed by atoms with E-state index in [4.69, 9.17) is 4.74 Å². The number of ether oxygens (including phenoxy) is 1. The highest BCUT2D eigenvalue weighted by Crippen LogP contribution is 2.43. The van der Waals surface area contributed by atoms with E-state index in [0.717, 1.165) is 31.4 Å². The van der Waals surface area contributed by atoms with E-state index in [2.05, 4.69) is 4.90 Å². The molecule has 1 spiro atoms. The average molecular weight is 342 g/mol. The van der Waals surface area contributed by atoms with Crippen LogP contribution >= 0.6 is 0 Å². The molecular formula is C21H30N2O2. The van der Waals surface area contributed by atoms with E-state index < -0.39 is 0 Å². The Morgan fingerprint density at radius 2 is 1.92 bits per heavy atom. The minimum Gasteiger partial charge on any atom is -0.375 e. The molecule has 136 valence electrons. The lowest BCUT2D eigenvalue weighted by Crippen LogP contribution is -2.58. The number of hydrogen-bond donors (Lipinski definition) is 0. The third-order valence-corrected chi connectivity index (χ3v) is 6.55. The molecular weight excluding hydrogens is 312 g/mol. The molecule has 3 fully saturated rings. The Bertz CT molecular complexity index is 591. The molecule has 3 atom stereocenters. The van der Waals surface area contributed by atoms with Gasteiger partial charge in [0.1, 0.15) is 0 Å². The molecule has 1 aromatic carbocycles. The molecule has 2 saturated heterocycles. The van der Waals surface area contributed by atoms with E-state index in [9.17, 15) is 4.79 Å². The summed E-state index contributed by atoms with van der Waals surface area (Å²) in [4.78, 5) is 17.6. The molecule has 2 aliphatic heterocycles. The highest BCUT2D eigenvalue weighted by molar-refractivity contribution is 5.94. The number of amides is 1. The standard InChI is InChI=1S/C21H30N2O2/c1-22(20(24)17-8-3-2-4-9-17)18-10-12-21(11-7-15-25-21)16-19(18)23-13-5-6-14-23/h2-4,8-9,18-19H,5-7,10-16H2,1H3/t18-,19-,21?/m0/s1. The van der Waals surface area contributed by atoms with Gasteiger partial charge in [-0.15, -0.1) is 0 Å². The summed E-state index contributed by atoms with van der Waals surface area (Å²) >= 11 is 0. The van der Waals surface area contributed by atoms with Gasteiger partial charge in [0, 0.05) is 31.3 Å². The molecule has 4 rings (SSSR count). The minimum atomic E-state index is 0.0837. The van der Waals surface area contributed by atoms with Crippen LogP contribution in [0.2, 0.25) is 0 Å². The van der Waals surface area contributed by atoms with Gasteiger partial charge in [-0.2, -0.15) is 0 Å². The summed E-state index contributed by atoms with van der Waals surface area (Å²) in [5.74, 6) is 0.151.